The SMILES string of the molecule is Nc1[c]cc([SH](=O)=O)cc1. The summed E-state index contributed by atoms with van der Waals surface area (Å²) < 4.78 is 20.6. The molecule has 10 heavy (non-hydrogen) atoms. The van der Waals surface area contributed by atoms with Gasteiger partial charge in [0.25, 0.3) is 0 Å². The minimum absolute atomic E-state index is 0.240. The number of nitrogens with two attached hydrogens (primary N) is 1. The van der Waals surface area contributed by atoms with E-state index in [1.807, 2.05) is 0 Å². The summed E-state index contributed by atoms with van der Waals surface area (Å²) in [6.07, 6.45) is 0. The van der Waals surface area contributed by atoms with E-state index >= 15 is 0 Å². The molecule has 2 N–H and O–H groups in total. The molecule has 0 atom stereocenters. The highest BCUT2D eigenvalue weighted by molar-refractivity contribution is 7.72. The van der Waals surface area contributed by atoms with Crippen molar-refractivity contribution in [2.24, 2.45) is 0 Å². The molecule has 0 heterocycles. The zero-order valence-corrected chi connectivity index (χ0v) is 5.97. The molecule has 1 rings (SSSR count). The number of thiol groups is 1. The van der Waals surface area contributed by atoms with E-state index in [0.29, 0.717) is 5.69 Å². The molecular formula is C6H6NO2S. The van der Waals surface area contributed by atoms with Crippen LogP contribution in [-0.2, 0) is 10.7 Å². The zero-order valence-electron chi connectivity index (χ0n) is 5.07. The predicted octanol–water partition coefficient (Wildman–Crippen LogP) is 0.0393. The van der Waals surface area contributed by atoms with Gasteiger partial charge in [-0.25, -0.2) is 8.42 Å². The molecule has 0 saturated carbocycles. The van der Waals surface area contributed by atoms with E-state index in [9.17, 15) is 8.42 Å². The minimum Gasteiger partial charge on any atom is -0.398 e. The van der Waals surface area contributed by atoms with Crippen LogP contribution in [-0.4, -0.2) is 8.42 Å². The molecule has 4 heteroatoms. The number of benzene rings is 1. The lowest BCUT2D eigenvalue weighted by Gasteiger charge is -1.89. The first-order chi connectivity index (χ1) is 4.70. The van der Waals surface area contributed by atoms with Crippen molar-refractivity contribution in [3.8, 4) is 0 Å². The fourth-order valence-corrected chi connectivity index (χ4v) is 0.908. The highest BCUT2D eigenvalue weighted by atomic mass is 32.2. The van der Waals surface area contributed by atoms with Gasteiger partial charge in [-0.1, -0.05) is 0 Å². The van der Waals surface area contributed by atoms with Crippen LogP contribution in [0, 0.1) is 6.07 Å². The molecule has 0 aromatic heterocycles. The summed E-state index contributed by atoms with van der Waals surface area (Å²) in [6.45, 7) is 0. The molecule has 1 radical (unpaired) electrons. The summed E-state index contributed by atoms with van der Waals surface area (Å²) >= 11 is 0. The lowest BCUT2D eigenvalue weighted by molar-refractivity contribution is 0.614. The molecule has 53 valence electrons. The third-order valence-electron chi connectivity index (χ3n) is 1.03. The first-order valence-electron chi connectivity index (χ1n) is 2.62. The molecule has 3 nitrogen and oxygen atoms in total. The maximum absolute atomic E-state index is 10.3. The monoisotopic (exact) mass is 156 g/mol. The van der Waals surface area contributed by atoms with Gasteiger partial charge in [-0.15, -0.1) is 0 Å². The lowest BCUT2D eigenvalue weighted by atomic mass is 10.3. The van der Waals surface area contributed by atoms with Crippen molar-refractivity contribution < 1.29 is 8.42 Å². The van der Waals surface area contributed by atoms with Crippen LogP contribution in [0.3, 0.4) is 0 Å². The van der Waals surface area contributed by atoms with E-state index in [4.69, 9.17) is 5.73 Å². The van der Waals surface area contributed by atoms with Crippen molar-refractivity contribution in [2.45, 2.75) is 4.90 Å². The number of rotatable bonds is 1. The second-order valence-corrected chi connectivity index (χ2v) is 2.79. The van der Waals surface area contributed by atoms with Crippen molar-refractivity contribution in [1.29, 1.82) is 0 Å². The summed E-state index contributed by atoms with van der Waals surface area (Å²) in [5, 5.41) is 0. The fraction of sp³-hybridized carbons (Fsp3) is 0. The molecule has 0 bridgehead atoms. The molecular weight excluding hydrogens is 150 g/mol. The molecule has 0 amide bonds. The lowest BCUT2D eigenvalue weighted by Crippen LogP contribution is -1.85. The summed E-state index contributed by atoms with van der Waals surface area (Å²) in [5.41, 5.74) is 5.72. The molecule has 0 aliphatic heterocycles. The van der Waals surface area contributed by atoms with Crippen LogP contribution >= 0.6 is 0 Å². The third kappa shape index (κ3) is 1.48. The molecule has 0 fully saturated rings. The molecule has 1 aromatic carbocycles. The van der Waals surface area contributed by atoms with Crippen molar-refractivity contribution in [3.63, 3.8) is 0 Å². The van der Waals surface area contributed by atoms with Crippen molar-refractivity contribution >= 4 is 16.4 Å². The van der Waals surface area contributed by atoms with Crippen molar-refractivity contribution in [2.75, 3.05) is 5.73 Å². The van der Waals surface area contributed by atoms with Crippen LogP contribution in [0.15, 0.2) is 23.1 Å². The summed E-state index contributed by atoms with van der Waals surface area (Å²) in [7, 11) is -2.49. The molecule has 0 saturated heterocycles. The number of nitrogen functional groups attached to an aromatic ring is 1. The van der Waals surface area contributed by atoms with Gasteiger partial charge in [0.15, 0.2) is 10.7 Å². The Bertz CT molecular complexity index is 281. The number of hydrogen-bond acceptors (Lipinski definition) is 3. The van der Waals surface area contributed by atoms with Gasteiger partial charge >= 0.3 is 0 Å². The van der Waals surface area contributed by atoms with Crippen LogP contribution in [0.2, 0.25) is 0 Å². The van der Waals surface area contributed by atoms with E-state index in [1.54, 1.807) is 0 Å². The van der Waals surface area contributed by atoms with Gasteiger partial charge in [-0.3, -0.25) is 0 Å². The Morgan fingerprint density at radius 3 is 2.50 bits per heavy atom. The van der Waals surface area contributed by atoms with E-state index in [1.165, 1.54) is 18.2 Å². The maximum atomic E-state index is 10.3. The van der Waals surface area contributed by atoms with E-state index in [-0.39, 0.29) is 4.90 Å². The Morgan fingerprint density at radius 2 is 2.10 bits per heavy atom. The van der Waals surface area contributed by atoms with Gasteiger partial charge < -0.3 is 5.73 Å². The van der Waals surface area contributed by atoms with Gasteiger partial charge in [-0.2, -0.15) is 0 Å². The van der Waals surface area contributed by atoms with E-state index in [2.05, 4.69) is 6.07 Å². The van der Waals surface area contributed by atoms with Gasteiger partial charge in [0, 0.05) is 11.8 Å². The average molecular weight is 156 g/mol. The molecule has 0 aliphatic carbocycles. The standard InChI is InChI=1S/C6H6NO2S/c7-5-1-3-6(4-2-5)10(8)9/h1,3-4,10H,7H2. The highest BCUT2D eigenvalue weighted by Crippen LogP contribution is 2.04. The third-order valence-corrected chi connectivity index (χ3v) is 1.73. The Labute approximate surface area is 60.4 Å². The predicted molar refractivity (Wildman–Crippen MR) is 38.3 cm³/mol. The van der Waals surface area contributed by atoms with E-state index in [0.717, 1.165) is 0 Å². The molecule has 0 aliphatic rings. The summed E-state index contributed by atoms with van der Waals surface area (Å²) in [4.78, 5) is 0.240. The second-order valence-electron chi connectivity index (χ2n) is 1.76. The topological polar surface area (TPSA) is 60.2 Å². The van der Waals surface area contributed by atoms with Gasteiger partial charge in [0.05, 0.1) is 4.90 Å². The van der Waals surface area contributed by atoms with Gasteiger partial charge in [0.2, 0.25) is 0 Å². The Balaban J connectivity index is 3.12. The first-order valence-corrected chi connectivity index (χ1v) is 3.79. The Hall–Kier alpha value is -1.03. The Morgan fingerprint density at radius 1 is 1.40 bits per heavy atom. The summed E-state index contributed by atoms with van der Waals surface area (Å²) in [5.74, 6) is 0. The quantitative estimate of drug-likeness (QED) is 0.446. The van der Waals surface area contributed by atoms with Crippen molar-refractivity contribution in [3.05, 3.63) is 24.3 Å². The van der Waals surface area contributed by atoms with Crippen LogP contribution in [0.5, 0.6) is 0 Å². The molecule has 1 aromatic rings. The van der Waals surface area contributed by atoms with Crippen LogP contribution < -0.4 is 5.73 Å². The second kappa shape index (κ2) is 2.70. The number of hydrogen-bond donors (Lipinski definition) is 2. The van der Waals surface area contributed by atoms with Crippen molar-refractivity contribution in [1.82, 2.24) is 0 Å². The largest absolute Gasteiger partial charge is 0.398 e. The van der Waals surface area contributed by atoms with Crippen LogP contribution in [0.25, 0.3) is 0 Å². The smallest absolute Gasteiger partial charge is 0.168 e. The van der Waals surface area contributed by atoms with E-state index < -0.39 is 10.7 Å². The fourth-order valence-electron chi connectivity index (χ4n) is 0.542. The number of anilines is 1. The molecule has 0 spiro atoms. The summed E-state index contributed by atoms with van der Waals surface area (Å²) in [6, 6.07) is 6.87. The molecule has 0 unspecified atom stereocenters. The Kier molecular flexibility index (Phi) is 1.91. The van der Waals surface area contributed by atoms with Gasteiger partial charge in [-0.05, 0) is 18.2 Å². The van der Waals surface area contributed by atoms with Gasteiger partial charge in [0.1, 0.15) is 0 Å². The van der Waals surface area contributed by atoms with Crippen LogP contribution in [0.4, 0.5) is 5.69 Å². The zero-order chi connectivity index (χ0) is 7.56. The minimum atomic E-state index is -2.49. The average Bonchev–Trinajstić information content (AvgIpc) is 1.88. The normalized spacial score (nSPS) is 10.1. The highest BCUT2D eigenvalue weighted by Gasteiger charge is 1.91. The van der Waals surface area contributed by atoms with Crippen LogP contribution in [0.1, 0.15) is 0 Å². The maximum Gasteiger partial charge on any atom is 0.168 e. The first kappa shape index (κ1) is 7.08.